The first-order valence-electron chi connectivity index (χ1n) is 17.7. The predicted octanol–water partition coefficient (Wildman–Crippen LogP) is 11.4. The highest BCUT2D eigenvalue weighted by atomic mass is 16.6. The monoisotopic (exact) mass is 672 g/mol. The highest BCUT2D eigenvalue weighted by Crippen LogP contribution is 2.58. The van der Waals surface area contributed by atoms with E-state index in [0.717, 1.165) is 28.7 Å². The summed E-state index contributed by atoms with van der Waals surface area (Å²) >= 11 is 0. The molecule has 1 aliphatic rings. The van der Waals surface area contributed by atoms with Crippen LogP contribution in [0.15, 0.2) is 59.7 Å². The number of benzene rings is 2. The van der Waals surface area contributed by atoms with E-state index in [1.165, 1.54) is 0 Å². The highest BCUT2D eigenvalue weighted by Gasteiger charge is 2.55. The van der Waals surface area contributed by atoms with Crippen LogP contribution < -0.4 is 0 Å². The zero-order valence-electron chi connectivity index (χ0n) is 33.5. The number of carbonyl (C=O) groups is 2. The summed E-state index contributed by atoms with van der Waals surface area (Å²) in [4.78, 5) is 27.8. The summed E-state index contributed by atoms with van der Waals surface area (Å²) in [6.45, 7) is 35.7. The molecule has 2 aromatic carbocycles. The van der Waals surface area contributed by atoms with E-state index in [4.69, 9.17) is 4.74 Å². The normalized spacial score (nSPS) is 19.7. The zero-order valence-corrected chi connectivity index (χ0v) is 33.5. The Morgan fingerprint density at radius 2 is 1.10 bits per heavy atom. The number of aromatic hydroxyl groups is 1. The summed E-state index contributed by atoms with van der Waals surface area (Å²) < 4.78 is 7.15. The number of rotatable bonds is 6. The molecule has 0 saturated carbocycles. The van der Waals surface area contributed by atoms with Gasteiger partial charge < -0.3 is 14.9 Å². The largest absolute Gasteiger partial charge is 0.507 e. The van der Waals surface area contributed by atoms with Gasteiger partial charge in [-0.25, -0.2) is 4.79 Å². The lowest BCUT2D eigenvalue weighted by atomic mass is 9.58. The van der Waals surface area contributed by atoms with Crippen LogP contribution in [0.4, 0.5) is 0 Å². The van der Waals surface area contributed by atoms with Crippen LogP contribution in [0.1, 0.15) is 157 Å². The molecule has 0 spiro atoms. The molecule has 0 aliphatic heterocycles. The molecule has 3 rings (SSSR count). The smallest absolute Gasteiger partial charge is 0.339 e. The number of ether oxygens (including phenoxy) is 1. The summed E-state index contributed by atoms with van der Waals surface area (Å²) in [5, 5.41) is 21.9. The molecular formula is C44H64O5. The van der Waals surface area contributed by atoms with Crippen LogP contribution in [-0.2, 0) is 31.4 Å². The average Bonchev–Trinajstić information content (AvgIpc) is 2.89. The van der Waals surface area contributed by atoms with Gasteiger partial charge in [-0.2, -0.15) is 0 Å². The molecule has 0 saturated heterocycles. The number of esters is 1. The maximum absolute atomic E-state index is 15.0. The van der Waals surface area contributed by atoms with Gasteiger partial charge in [0.15, 0.2) is 5.60 Å². The molecule has 0 radical (unpaired) electrons. The third-order valence-corrected chi connectivity index (χ3v) is 9.57. The second-order valence-electron chi connectivity index (χ2n) is 20.2. The fourth-order valence-electron chi connectivity index (χ4n) is 7.84. The van der Waals surface area contributed by atoms with Crippen LogP contribution in [-0.4, -0.2) is 22.2 Å². The molecular weight excluding hydrogens is 608 g/mol. The molecule has 49 heavy (non-hydrogen) atoms. The van der Waals surface area contributed by atoms with Crippen LogP contribution in [0.3, 0.4) is 0 Å². The van der Waals surface area contributed by atoms with E-state index >= 15 is 4.79 Å². The fourth-order valence-corrected chi connectivity index (χ4v) is 7.84. The van der Waals surface area contributed by atoms with Crippen LogP contribution in [0.5, 0.6) is 5.75 Å². The van der Waals surface area contributed by atoms with Gasteiger partial charge in [-0.1, -0.05) is 154 Å². The summed E-state index contributed by atoms with van der Waals surface area (Å²) in [5.74, 6) is -2.18. The van der Waals surface area contributed by atoms with Crippen molar-refractivity contribution in [3.05, 3.63) is 87.5 Å². The molecule has 0 aromatic heterocycles. The van der Waals surface area contributed by atoms with E-state index in [1.54, 1.807) is 24.3 Å². The summed E-state index contributed by atoms with van der Waals surface area (Å²) in [7, 11) is 0. The van der Waals surface area contributed by atoms with Crippen molar-refractivity contribution in [2.24, 2.45) is 22.2 Å². The number of carboxylic acids is 1. The van der Waals surface area contributed by atoms with Gasteiger partial charge in [0.05, 0.1) is 11.5 Å². The van der Waals surface area contributed by atoms with E-state index in [-0.39, 0.29) is 16.6 Å². The average molecular weight is 673 g/mol. The number of carbonyl (C=O) groups excluding carboxylic acids is 1. The highest BCUT2D eigenvalue weighted by molar-refractivity contribution is 5.92. The Balaban J connectivity index is 2.59. The molecule has 0 fully saturated rings. The first kappa shape index (κ1) is 40.1. The minimum atomic E-state index is -1.42. The number of phenols is 1. The standard InChI is InChI=1S/C44H64O5/c1-38(2,3)26-43(16,17)29-20-18-19-21-30(29)44(33(41(10,11)12)24-27(36(46)47)25-34(44)42(13,14)15)49-37(48)28-22-31(39(4,5)6)35(45)32(23-28)40(7,8)9/h18-25,27,45H,26H2,1-17H3,(H,46,47). The van der Waals surface area contributed by atoms with Crippen molar-refractivity contribution in [2.45, 2.75) is 146 Å². The molecule has 270 valence electrons. The molecule has 5 nitrogen and oxygen atoms in total. The third-order valence-electron chi connectivity index (χ3n) is 9.57. The first-order chi connectivity index (χ1) is 21.8. The second-order valence-corrected chi connectivity index (χ2v) is 20.2. The lowest BCUT2D eigenvalue weighted by Crippen LogP contribution is -2.48. The van der Waals surface area contributed by atoms with Crippen LogP contribution in [0.25, 0.3) is 0 Å². The topological polar surface area (TPSA) is 83.8 Å². The van der Waals surface area contributed by atoms with Gasteiger partial charge in [-0.05, 0) is 67.8 Å². The maximum Gasteiger partial charge on any atom is 0.339 e. The Kier molecular flexibility index (Phi) is 10.4. The molecule has 0 atom stereocenters. The molecule has 2 aromatic rings. The van der Waals surface area contributed by atoms with E-state index in [2.05, 4.69) is 88.3 Å². The van der Waals surface area contributed by atoms with Crippen molar-refractivity contribution in [3.63, 3.8) is 0 Å². The molecule has 5 heteroatoms. The summed E-state index contributed by atoms with van der Waals surface area (Å²) in [6, 6.07) is 11.7. The fraction of sp³-hybridized carbons (Fsp3) is 0.591. The first-order valence-corrected chi connectivity index (χ1v) is 17.7. The van der Waals surface area contributed by atoms with Crippen molar-refractivity contribution in [1.82, 2.24) is 0 Å². The second kappa shape index (κ2) is 12.8. The predicted molar refractivity (Wildman–Crippen MR) is 202 cm³/mol. The molecule has 2 N–H and O–H groups in total. The Bertz CT molecular complexity index is 1580. The van der Waals surface area contributed by atoms with Gasteiger partial charge >= 0.3 is 11.9 Å². The van der Waals surface area contributed by atoms with Gasteiger partial charge in [-0.15, -0.1) is 0 Å². The number of hydrogen-bond acceptors (Lipinski definition) is 4. The minimum Gasteiger partial charge on any atom is -0.507 e. The van der Waals surface area contributed by atoms with Crippen molar-refractivity contribution in [2.75, 3.05) is 0 Å². The SMILES string of the molecule is CC(C)(C)CC(C)(C)c1ccccc1C1(OC(=O)c2cc(C(C)(C)C)c(O)c(C(C)(C)C)c2)C(C(C)(C)C)=CC(C(=O)O)C=C1C(C)(C)C. The summed E-state index contributed by atoms with van der Waals surface area (Å²) in [6.07, 6.45) is 4.47. The van der Waals surface area contributed by atoms with E-state index < -0.39 is 45.1 Å². The molecule has 0 bridgehead atoms. The Hall–Kier alpha value is -3.34. The molecule has 0 heterocycles. The van der Waals surface area contributed by atoms with Crippen molar-refractivity contribution in [1.29, 1.82) is 0 Å². The van der Waals surface area contributed by atoms with Crippen molar-refractivity contribution < 1.29 is 24.5 Å². The van der Waals surface area contributed by atoms with Crippen LogP contribution in [0, 0.1) is 22.2 Å². The van der Waals surface area contributed by atoms with Gasteiger partial charge in [0, 0.05) is 16.7 Å². The lowest BCUT2D eigenvalue weighted by Gasteiger charge is -2.51. The van der Waals surface area contributed by atoms with Gasteiger partial charge in [0.2, 0.25) is 0 Å². The van der Waals surface area contributed by atoms with Crippen LogP contribution >= 0.6 is 0 Å². The molecule has 0 unspecified atom stereocenters. The molecule has 1 aliphatic carbocycles. The van der Waals surface area contributed by atoms with E-state index in [9.17, 15) is 15.0 Å². The van der Waals surface area contributed by atoms with E-state index in [0.29, 0.717) is 16.7 Å². The van der Waals surface area contributed by atoms with Crippen molar-refractivity contribution in [3.8, 4) is 5.75 Å². The minimum absolute atomic E-state index is 0.00552. The zero-order chi connectivity index (χ0) is 37.9. The third kappa shape index (κ3) is 8.35. The van der Waals surface area contributed by atoms with Crippen molar-refractivity contribution >= 4 is 11.9 Å². The lowest BCUT2D eigenvalue weighted by molar-refractivity contribution is -0.138. The summed E-state index contributed by atoms with van der Waals surface area (Å²) in [5.41, 5.74) is 1.20. The van der Waals surface area contributed by atoms with Crippen LogP contribution in [0.2, 0.25) is 0 Å². The maximum atomic E-state index is 15.0. The van der Waals surface area contributed by atoms with Gasteiger partial charge in [0.1, 0.15) is 5.75 Å². The number of hydrogen-bond donors (Lipinski definition) is 2. The van der Waals surface area contributed by atoms with Gasteiger partial charge in [0.25, 0.3) is 0 Å². The quantitative estimate of drug-likeness (QED) is 0.236. The number of aliphatic carboxylic acids is 1. The molecule has 0 amide bonds. The Morgan fingerprint density at radius 1 is 0.673 bits per heavy atom. The Morgan fingerprint density at radius 3 is 1.47 bits per heavy atom. The number of phenolic OH excluding ortho intramolecular Hbond substituents is 1. The Labute approximate surface area is 297 Å². The van der Waals surface area contributed by atoms with Gasteiger partial charge in [-0.3, -0.25) is 4.79 Å². The number of carboxylic acid groups (broad SMARTS) is 1. The van der Waals surface area contributed by atoms with E-state index in [1.807, 2.05) is 53.7 Å².